The Bertz CT molecular complexity index is 579. The van der Waals surface area contributed by atoms with E-state index in [0.717, 1.165) is 13.1 Å². The first-order valence-corrected chi connectivity index (χ1v) is 7.96. The van der Waals surface area contributed by atoms with Crippen LogP contribution in [-0.2, 0) is 9.53 Å². The van der Waals surface area contributed by atoms with Crippen molar-refractivity contribution >= 4 is 11.8 Å². The number of carbonyl (C=O) groups excluding carboxylic acids is 2. The van der Waals surface area contributed by atoms with Crippen molar-refractivity contribution in [2.24, 2.45) is 0 Å². The van der Waals surface area contributed by atoms with Crippen LogP contribution in [0.2, 0.25) is 0 Å². The maximum Gasteiger partial charge on any atom is 0.251 e. The molecule has 2 amide bonds. The number of benzene rings is 1. The van der Waals surface area contributed by atoms with E-state index in [1.54, 1.807) is 38.5 Å². The molecule has 2 atom stereocenters. The number of likely N-dealkylation sites (tertiary alicyclic amines) is 1. The van der Waals surface area contributed by atoms with Crippen molar-refractivity contribution in [1.82, 2.24) is 15.5 Å². The molecule has 7 heteroatoms. The zero-order valence-electron chi connectivity index (χ0n) is 14.4. The van der Waals surface area contributed by atoms with Crippen LogP contribution in [0.5, 0.6) is 5.75 Å². The average Bonchev–Trinajstić information content (AvgIpc) is 2.94. The molecule has 1 aliphatic heterocycles. The van der Waals surface area contributed by atoms with Gasteiger partial charge in [0, 0.05) is 38.7 Å². The molecule has 0 aliphatic carbocycles. The molecule has 1 fully saturated rings. The first-order valence-electron chi connectivity index (χ1n) is 7.96. The maximum absolute atomic E-state index is 12.1. The summed E-state index contributed by atoms with van der Waals surface area (Å²) in [5, 5.41) is 5.71. The molecule has 0 spiro atoms. The van der Waals surface area contributed by atoms with Gasteiger partial charge in [0.1, 0.15) is 5.75 Å². The molecule has 0 saturated carbocycles. The largest absolute Gasteiger partial charge is 0.497 e. The fourth-order valence-corrected chi connectivity index (χ4v) is 2.77. The van der Waals surface area contributed by atoms with E-state index >= 15 is 0 Å². The summed E-state index contributed by atoms with van der Waals surface area (Å²) in [6.07, 6.45) is 0.233. The molecule has 1 aromatic rings. The van der Waals surface area contributed by atoms with Gasteiger partial charge in [-0.2, -0.15) is 0 Å². The van der Waals surface area contributed by atoms with Crippen LogP contribution in [0.3, 0.4) is 0 Å². The molecule has 7 nitrogen and oxygen atoms in total. The van der Waals surface area contributed by atoms with Gasteiger partial charge >= 0.3 is 0 Å². The number of amides is 2. The maximum atomic E-state index is 12.1. The second kappa shape index (κ2) is 8.65. The lowest BCUT2D eigenvalue weighted by atomic mass is 10.2. The molecule has 0 unspecified atom stereocenters. The summed E-state index contributed by atoms with van der Waals surface area (Å²) in [7, 11) is 5.19. The third-order valence-electron chi connectivity index (χ3n) is 4.07. The van der Waals surface area contributed by atoms with Gasteiger partial charge in [-0.1, -0.05) is 6.07 Å². The minimum atomic E-state index is -0.225. The molecule has 2 N–H and O–H groups in total. The van der Waals surface area contributed by atoms with Gasteiger partial charge in [-0.25, -0.2) is 0 Å². The first-order chi connectivity index (χ1) is 11.5. The van der Waals surface area contributed by atoms with Crippen molar-refractivity contribution in [3.8, 4) is 5.75 Å². The minimum absolute atomic E-state index is 0.00493. The third kappa shape index (κ3) is 4.94. The molecule has 1 aromatic carbocycles. The molecule has 0 bridgehead atoms. The predicted octanol–water partition coefficient (Wildman–Crippen LogP) is 0.260. The van der Waals surface area contributed by atoms with Crippen molar-refractivity contribution in [3.05, 3.63) is 29.8 Å². The quantitative estimate of drug-likeness (QED) is 0.747. The minimum Gasteiger partial charge on any atom is -0.497 e. The van der Waals surface area contributed by atoms with Crippen LogP contribution in [0, 0.1) is 0 Å². The standard InChI is InChI=1S/C17H25N3O4/c1-20-10-14(15(11-20)24-3)19-16(21)7-8-18-17(22)12-5-4-6-13(9-12)23-2/h4-6,9,14-15H,7-8,10-11H2,1-3H3,(H,18,22)(H,19,21)/t14-,15-/m0/s1. The fraction of sp³-hybridized carbons (Fsp3) is 0.529. The number of likely N-dealkylation sites (N-methyl/N-ethyl adjacent to an activating group) is 1. The zero-order chi connectivity index (χ0) is 17.5. The molecular weight excluding hydrogens is 310 g/mol. The monoisotopic (exact) mass is 335 g/mol. The number of methoxy groups -OCH3 is 2. The number of hydrogen-bond donors (Lipinski definition) is 2. The van der Waals surface area contributed by atoms with Gasteiger partial charge in [0.05, 0.1) is 19.3 Å². The lowest BCUT2D eigenvalue weighted by Crippen LogP contribution is -2.44. The Kier molecular flexibility index (Phi) is 6.57. The van der Waals surface area contributed by atoms with Gasteiger partial charge in [-0.3, -0.25) is 9.59 Å². The Balaban J connectivity index is 1.75. The average molecular weight is 335 g/mol. The number of nitrogens with zero attached hydrogens (tertiary/aromatic N) is 1. The summed E-state index contributed by atoms with van der Waals surface area (Å²) in [6.45, 7) is 1.84. The first kappa shape index (κ1) is 18.2. The zero-order valence-corrected chi connectivity index (χ0v) is 14.4. The van der Waals surface area contributed by atoms with Crippen LogP contribution in [0.4, 0.5) is 0 Å². The molecule has 1 aliphatic rings. The normalized spacial score (nSPS) is 20.6. The summed E-state index contributed by atoms with van der Waals surface area (Å²) < 4.78 is 10.5. The second-order valence-electron chi connectivity index (χ2n) is 5.91. The van der Waals surface area contributed by atoms with Crippen molar-refractivity contribution in [3.63, 3.8) is 0 Å². The van der Waals surface area contributed by atoms with Crippen molar-refractivity contribution in [2.45, 2.75) is 18.6 Å². The highest BCUT2D eigenvalue weighted by molar-refractivity contribution is 5.94. The Morgan fingerprint density at radius 3 is 2.79 bits per heavy atom. The molecule has 24 heavy (non-hydrogen) atoms. The van der Waals surface area contributed by atoms with Crippen molar-refractivity contribution < 1.29 is 19.1 Å². The van der Waals surface area contributed by atoms with Crippen molar-refractivity contribution in [2.75, 3.05) is 40.9 Å². The highest BCUT2D eigenvalue weighted by Gasteiger charge is 2.31. The van der Waals surface area contributed by atoms with Gasteiger partial charge in [0.25, 0.3) is 5.91 Å². The van der Waals surface area contributed by atoms with E-state index in [4.69, 9.17) is 9.47 Å². The smallest absolute Gasteiger partial charge is 0.251 e. The summed E-state index contributed by atoms with van der Waals surface area (Å²) in [4.78, 5) is 26.2. The van der Waals surface area contributed by atoms with E-state index in [9.17, 15) is 9.59 Å². The molecule has 1 heterocycles. The molecule has 0 radical (unpaired) electrons. The Morgan fingerprint density at radius 1 is 1.29 bits per heavy atom. The lowest BCUT2D eigenvalue weighted by molar-refractivity contribution is -0.122. The third-order valence-corrected chi connectivity index (χ3v) is 4.07. The van der Waals surface area contributed by atoms with Crippen LogP contribution >= 0.6 is 0 Å². The van der Waals surface area contributed by atoms with Crippen LogP contribution in [0.1, 0.15) is 16.8 Å². The van der Waals surface area contributed by atoms with E-state index in [0.29, 0.717) is 11.3 Å². The number of carbonyl (C=O) groups is 2. The highest BCUT2D eigenvalue weighted by atomic mass is 16.5. The molecular formula is C17H25N3O4. The number of nitrogens with one attached hydrogen (secondary N) is 2. The molecule has 0 aromatic heterocycles. The van der Waals surface area contributed by atoms with Crippen LogP contribution in [0.15, 0.2) is 24.3 Å². The van der Waals surface area contributed by atoms with Crippen LogP contribution < -0.4 is 15.4 Å². The molecule has 132 valence electrons. The topological polar surface area (TPSA) is 79.9 Å². The summed E-state index contributed by atoms with van der Waals surface area (Å²) in [6, 6.07) is 6.88. The van der Waals surface area contributed by atoms with E-state index in [-0.39, 0.29) is 36.9 Å². The Hall–Kier alpha value is -2.12. The summed E-state index contributed by atoms with van der Waals surface area (Å²) >= 11 is 0. The lowest BCUT2D eigenvalue weighted by Gasteiger charge is -2.18. The van der Waals surface area contributed by atoms with Crippen LogP contribution in [-0.4, -0.2) is 69.8 Å². The van der Waals surface area contributed by atoms with Gasteiger partial charge in [0.2, 0.25) is 5.91 Å². The Morgan fingerprint density at radius 2 is 2.08 bits per heavy atom. The van der Waals surface area contributed by atoms with Gasteiger partial charge in [-0.15, -0.1) is 0 Å². The van der Waals surface area contributed by atoms with E-state index < -0.39 is 0 Å². The van der Waals surface area contributed by atoms with E-state index in [2.05, 4.69) is 15.5 Å². The number of ether oxygens (including phenoxy) is 2. The van der Waals surface area contributed by atoms with E-state index in [1.807, 2.05) is 7.05 Å². The predicted molar refractivity (Wildman–Crippen MR) is 90.2 cm³/mol. The van der Waals surface area contributed by atoms with Gasteiger partial charge in [-0.05, 0) is 25.2 Å². The van der Waals surface area contributed by atoms with Gasteiger partial charge in [0.15, 0.2) is 0 Å². The van der Waals surface area contributed by atoms with E-state index in [1.165, 1.54) is 0 Å². The van der Waals surface area contributed by atoms with Crippen LogP contribution in [0.25, 0.3) is 0 Å². The highest BCUT2D eigenvalue weighted by Crippen LogP contribution is 2.12. The SMILES string of the molecule is COc1cccc(C(=O)NCCC(=O)N[C@H]2CN(C)C[C@@H]2OC)c1. The Labute approximate surface area is 142 Å². The fourth-order valence-electron chi connectivity index (χ4n) is 2.77. The van der Waals surface area contributed by atoms with Crippen molar-refractivity contribution in [1.29, 1.82) is 0 Å². The summed E-state index contributed by atoms with van der Waals surface area (Å²) in [5.41, 5.74) is 0.506. The number of hydrogen-bond acceptors (Lipinski definition) is 5. The number of rotatable bonds is 7. The molecule has 1 saturated heterocycles. The summed E-state index contributed by atoms with van der Waals surface area (Å²) in [5.74, 6) is 0.303. The molecule has 2 rings (SSSR count). The van der Waals surface area contributed by atoms with Gasteiger partial charge < -0.3 is 25.0 Å². The second-order valence-corrected chi connectivity index (χ2v) is 5.91.